The molecule has 4 amide bonds. The first kappa shape index (κ1) is 22.3. The third-order valence-corrected chi connectivity index (χ3v) is 6.91. The molecule has 3 aliphatic rings. The van der Waals surface area contributed by atoms with Crippen molar-refractivity contribution in [1.29, 1.82) is 0 Å². The van der Waals surface area contributed by atoms with E-state index in [-0.39, 0.29) is 42.8 Å². The van der Waals surface area contributed by atoms with Crippen LogP contribution in [0.15, 0.2) is 28.1 Å². The van der Waals surface area contributed by atoms with Crippen LogP contribution in [-0.2, 0) is 19.1 Å². The van der Waals surface area contributed by atoms with E-state index in [2.05, 4.69) is 5.32 Å². The van der Waals surface area contributed by atoms with Gasteiger partial charge in [0.1, 0.15) is 6.54 Å². The van der Waals surface area contributed by atoms with E-state index in [4.69, 9.17) is 4.74 Å². The monoisotopic (exact) mass is 460 g/mol. The van der Waals surface area contributed by atoms with Crippen LogP contribution in [0.5, 0.6) is 0 Å². The number of amides is 4. The van der Waals surface area contributed by atoms with Crippen molar-refractivity contribution in [1.82, 2.24) is 20.0 Å². The first-order valence-corrected chi connectivity index (χ1v) is 12.0. The Morgan fingerprint density at radius 3 is 2.78 bits per heavy atom. The van der Waals surface area contributed by atoms with Crippen LogP contribution in [0, 0.1) is 5.92 Å². The number of rotatable bonds is 6. The van der Waals surface area contributed by atoms with Crippen LogP contribution in [0.25, 0.3) is 0 Å². The number of hydrogen-bond acceptors (Lipinski definition) is 6. The number of carbonyl (C=O) groups is 4. The van der Waals surface area contributed by atoms with E-state index in [0.29, 0.717) is 43.9 Å². The van der Waals surface area contributed by atoms with Crippen molar-refractivity contribution < 1.29 is 23.9 Å². The van der Waals surface area contributed by atoms with Gasteiger partial charge in [0.05, 0.1) is 36.4 Å². The van der Waals surface area contributed by atoms with E-state index < -0.39 is 6.04 Å². The highest BCUT2D eigenvalue weighted by molar-refractivity contribution is 7.08. The van der Waals surface area contributed by atoms with E-state index in [0.717, 1.165) is 12.0 Å². The van der Waals surface area contributed by atoms with Gasteiger partial charge in [-0.2, -0.15) is 11.3 Å². The zero-order valence-corrected chi connectivity index (χ0v) is 19.2. The number of esters is 1. The quantitative estimate of drug-likeness (QED) is 0.652. The molecule has 4 heterocycles. The Morgan fingerprint density at radius 2 is 2.09 bits per heavy atom. The number of piperidine rings is 1. The van der Waals surface area contributed by atoms with Crippen molar-refractivity contribution in [3.05, 3.63) is 33.7 Å². The average molecular weight is 461 g/mol. The summed E-state index contributed by atoms with van der Waals surface area (Å²) in [4.78, 5) is 55.8. The SMILES string of the molecule is CCOC(=O)C1CCCN(C(=O)CN2CC3=C(C2=O)C(c2ccsc2)NC(=O)N3CC)C1. The van der Waals surface area contributed by atoms with Crippen LogP contribution in [0.1, 0.15) is 38.3 Å². The molecule has 0 aliphatic carbocycles. The Bertz CT molecular complexity index is 944. The number of likely N-dealkylation sites (tertiary alicyclic amines) is 1. The molecule has 2 unspecified atom stereocenters. The Hall–Kier alpha value is -2.88. The summed E-state index contributed by atoms with van der Waals surface area (Å²) in [6.07, 6.45) is 1.42. The predicted octanol–water partition coefficient (Wildman–Crippen LogP) is 1.73. The summed E-state index contributed by atoms with van der Waals surface area (Å²) in [6, 6.07) is 1.14. The molecule has 0 radical (unpaired) electrons. The largest absolute Gasteiger partial charge is 0.466 e. The predicted molar refractivity (Wildman–Crippen MR) is 118 cm³/mol. The maximum atomic E-state index is 13.3. The van der Waals surface area contributed by atoms with Crippen LogP contribution in [0.3, 0.4) is 0 Å². The second kappa shape index (κ2) is 9.32. The molecular weight excluding hydrogens is 432 g/mol. The number of nitrogens with zero attached hydrogens (tertiary/aromatic N) is 3. The molecule has 1 aromatic heterocycles. The minimum atomic E-state index is -0.512. The number of carbonyl (C=O) groups excluding carboxylic acids is 4. The molecule has 9 nitrogen and oxygen atoms in total. The van der Waals surface area contributed by atoms with Crippen LogP contribution in [0.4, 0.5) is 4.79 Å². The molecule has 4 rings (SSSR count). The molecule has 1 fully saturated rings. The zero-order chi connectivity index (χ0) is 22.8. The molecule has 172 valence electrons. The lowest BCUT2D eigenvalue weighted by atomic mass is 9.98. The maximum absolute atomic E-state index is 13.3. The zero-order valence-electron chi connectivity index (χ0n) is 18.3. The lowest BCUT2D eigenvalue weighted by Gasteiger charge is -2.32. The topological polar surface area (TPSA) is 99.3 Å². The van der Waals surface area contributed by atoms with Crippen molar-refractivity contribution in [2.75, 3.05) is 39.3 Å². The summed E-state index contributed by atoms with van der Waals surface area (Å²) in [7, 11) is 0. The van der Waals surface area contributed by atoms with Gasteiger partial charge in [0.15, 0.2) is 0 Å². The average Bonchev–Trinajstić information content (AvgIpc) is 3.43. The van der Waals surface area contributed by atoms with Gasteiger partial charge >= 0.3 is 12.0 Å². The minimum Gasteiger partial charge on any atom is -0.466 e. The van der Waals surface area contributed by atoms with Gasteiger partial charge in [-0.05, 0) is 49.1 Å². The molecule has 32 heavy (non-hydrogen) atoms. The van der Waals surface area contributed by atoms with Crippen LogP contribution >= 0.6 is 11.3 Å². The lowest BCUT2D eigenvalue weighted by molar-refractivity contribution is -0.151. The first-order chi connectivity index (χ1) is 15.4. The number of ether oxygens (including phenoxy) is 1. The van der Waals surface area contributed by atoms with Crippen molar-refractivity contribution in [3.8, 4) is 0 Å². The highest BCUT2D eigenvalue weighted by Gasteiger charge is 2.44. The standard InChI is InChI=1S/C22H28N4O5S/c1-3-26-16-11-25(12-17(27)24-8-5-6-14(10-24)21(29)31-4-2)20(28)18(16)19(23-22(26)30)15-7-9-32-13-15/h7,9,13-14,19H,3-6,8,10-12H2,1-2H3,(H,23,30). The molecule has 1 saturated heterocycles. The molecule has 1 N–H and O–H groups in total. The molecule has 3 aliphatic heterocycles. The van der Waals surface area contributed by atoms with Crippen molar-refractivity contribution in [3.63, 3.8) is 0 Å². The molecule has 0 saturated carbocycles. The fraction of sp³-hybridized carbons (Fsp3) is 0.545. The smallest absolute Gasteiger partial charge is 0.322 e. The molecule has 0 spiro atoms. The van der Waals surface area contributed by atoms with E-state index in [9.17, 15) is 19.2 Å². The van der Waals surface area contributed by atoms with Gasteiger partial charge in [0, 0.05) is 19.6 Å². The summed E-state index contributed by atoms with van der Waals surface area (Å²) in [5, 5.41) is 6.76. The molecular formula is C22H28N4O5S. The van der Waals surface area contributed by atoms with E-state index in [1.54, 1.807) is 16.7 Å². The third kappa shape index (κ3) is 4.11. The van der Waals surface area contributed by atoms with Gasteiger partial charge in [-0.15, -0.1) is 0 Å². The summed E-state index contributed by atoms with van der Waals surface area (Å²) in [6.45, 7) is 5.38. The molecule has 0 bridgehead atoms. The minimum absolute atomic E-state index is 0.0799. The van der Waals surface area contributed by atoms with Crippen molar-refractivity contribution in [2.45, 2.75) is 32.7 Å². The van der Waals surface area contributed by atoms with Crippen LogP contribution in [0.2, 0.25) is 0 Å². The number of likely N-dealkylation sites (N-methyl/N-ethyl adjacent to an activating group) is 1. The Kier molecular flexibility index (Phi) is 6.50. The third-order valence-electron chi connectivity index (χ3n) is 6.21. The maximum Gasteiger partial charge on any atom is 0.322 e. The number of thiophene rings is 1. The first-order valence-electron chi connectivity index (χ1n) is 11.0. The molecule has 1 aromatic rings. The molecule has 10 heteroatoms. The fourth-order valence-corrected chi connectivity index (χ4v) is 5.31. The second-order valence-electron chi connectivity index (χ2n) is 8.14. The summed E-state index contributed by atoms with van der Waals surface area (Å²) in [5.41, 5.74) is 2.05. The fourth-order valence-electron chi connectivity index (χ4n) is 4.62. The normalized spacial score (nSPS) is 23.4. The Labute approximate surface area is 191 Å². The molecule has 0 aromatic carbocycles. The number of nitrogens with one attached hydrogen (secondary N) is 1. The Balaban J connectivity index is 1.48. The molecule has 2 atom stereocenters. The van der Waals surface area contributed by atoms with E-state index in [1.165, 1.54) is 16.2 Å². The van der Waals surface area contributed by atoms with Gasteiger partial charge in [0.25, 0.3) is 5.91 Å². The summed E-state index contributed by atoms with van der Waals surface area (Å²) in [5.74, 6) is -1.03. The van der Waals surface area contributed by atoms with Gasteiger partial charge in [0.2, 0.25) is 5.91 Å². The van der Waals surface area contributed by atoms with Gasteiger partial charge in [-0.3, -0.25) is 19.3 Å². The van der Waals surface area contributed by atoms with Crippen LogP contribution in [-0.4, -0.2) is 77.8 Å². The van der Waals surface area contributed by atoms with E-state index in [1.807, 2.05) is 23.8 Å². The lowest BCUT2D eigenvalue weighted by Crippen LogP contribution is -2.47. The second-order valence-corrected chi connectivity index (χ2v) is 8.92. The van der Waals surface area contributed by atoms with E-state index >= 15 is 0 Å². The van der Waals surface area contributed by atoms with Crippen LogP contribution < -0.4 is 5.32 Å². The van der Waals surface area contributed by atoms with Gasteiger partial charge < -0.3 is 19.9 Å². The summed E-state index contributed by atoms with van der Waals surface area (Å²) >= 11 is 1.50. The summed E-state index contributed by atoms with van der Waals surface area (Å²) < 4.78 is 5.11. The van der Waals surface area contributed by atoms with Gasteiger partial charge in [-0.1, -0.05) is 0 Å². The number of urea groups is 1. The highest BCUT2D eigenvalue weighted by atomic mass is 32.1. The number of hydrogen-bond donors (Lipinski definition) is 1. The van der Waals surface area contributed by atoms with Gasteiger partial charge in [-0.25, -0.2) is 4.79 Å². The van der Waals surface area contributed by atoms with Crippen molar-refractivity contribution >= 4 is 35.2 Å². The van der Waals surface area contributed by atoms with Crippen molar-refractivity contribution in [2.24, 2.45) is 5.92 Å². The highest BCUT2D eigenvalue weighted by Crippen LogP contribution is 2.36. The Morgan fingerprint density at radius 1 is 1.28 bits per heavy atom.